The van der Waals surface area contributed by atoms with Gasteiger partial charge in [-0.25, -0.2) is 4.79 Å². The van der Waals surface area contributed by atoms with Crippen LogP contribution in [0.25, 0.3) is 0 Å². The molecule has 0 amide bonds. The summed E-state index contributed by atoms with van der Waals surface area (Å²) in [6, 6.07) is 3.14. The van der Waals surface area contributed by atoms with Crippen molar-refractivity contribution in [1.29, 1.82) is 0 Å². The number of thioether (sulfide) groups is 1. The highest BCUT2D eigenvalue weighted by atomic mass is 32.2. The number of hydrogen-bond acceptors (Lipinski definition) is 3. The summed E-state index contributed by atoms with van der Waals surface area (Å²) in [7, 11) is 0. The lowest BCUT2D eigenvalue weighted by Gasteiger charge is -1.92. The first-order valence-electron chi connectivity index (χ1n) is 4.03. The Balaban J connectivity index is 2.42. The minimum Gasteiger partial charge on any atom is -0.475 e. The topological polar surface area (TPSA) is 50.4 Å². The molecule has 0 bridgehead atoms. The fourth-order valence-corrected chi connectivity index (χ4v) is 1.55. The van der Waals surface area contributed by atoms with Crippen LogP contribution >= 0.6 is 11.8 Å². The van der Waals surface area contributed by atoms with Crippen molar-refractivity contribution in [3.05, 3.63) is 23.7 Å². The zero-order chi connectivity index (χ0) is 10.4. The Morgan fingerprint density at radius 1 is 1.64 bits per heavy atom. The molecule has 0 aliphatic rings. The summed E-state index contributed by atoms with van der Waals surface area (Å²) < 4.78 is 5.06. The van der Waals surface area contributed by atoms with Crippen LogP contribution in [0.5, 0.6) is 0 Å². The van der Waals surface area contributed by atoms with Gasteiger partial charge in [-0.1, -0.05) is 5.92 Å². The van der Waals surface area contributed by atoms with Crippen LogP contribution in [0, 0.1) is 11.8 Å². The molecule has 0 atom stereocenters. The lowest BCUT2D eigenvalue weighted by atomic mass is 10.4. The second-order valence-corrected chi connectivity index (χ2v) is 3.48. The van der Waals surface area contributed by atoms with E-state index in [1.165, 1.54) is 6.07 Å². The highest BCUT2D eigenvalue weighted by molar-refractivity contribution is 7.98. The molecule has 1 aromatic rings. The van der Waals surface area contributed by atoms with Crippen molar-refractivity contribution in [1.82, 2.24) is 0 Å². The van der Waals surface area contributed by atoms with Crippen molar-refractivity contribution in [2.24, 2.45) is 0 Å². The third kappa shape index (κ3) is 3.19. The Kier molecular flexibility index (Phi) is 4.14. The van der Waals surface area contributed by atoms with Gasteiger partial charge in [0.1, 0.15) is 5.76 Å². The second-order valence-electron chi connectivity index (χ2n) is 2.49. The third-order valence-corrected chi connectivity index (χ3v) is 2.30. The van der Waals surface area contributed by atoms with Crippen LogP contribution in [0.3, 0.4) is 0 Å². The molecule has 0 radical (unpaired) electrons. The number of furan rings is 1. The highest BCUT2D eigenvalue weighted by Gasteiger charge is 2.07. The molecule has 0 spiro atoms. The summed E-state index contributed by atoms with van der Waals surface area (Å²) in [5, 5.41) is 8.58. The van der Waals surface area contributed by atoms with Gasteiger partial charge in [-0.2, -0.15) is 0 Å². The summed E-state index contributed by atoms with van der Waals surface area (Å²) in [5.41, 5.74) is 0. The van der Waals surface area contributed by atoms with Gasteiger partial charge in [0.05, 0.1) is 11.5 Å². The molecule has 0 saturated carbocycles. The maximum atomic E-state index is 10.5. The minimum atomic E-state index is -1.03. The number of carboxylic acid groups (broad SMARTS) is 1. The molecule has 14 heavy (non-hydrogen) atoms. The molecular weight excluding hydrogens is 200 g/mol. The van der Waals surface area contributed by atoms with Crippen LogP contribution < -0.4 is 0 Å². The van der Waals surface area contributed by atoms with Gasteiger partial charge in [0.2, 0.25) is 5.76 Å². The van der Waals surface area contributed by atoms with Gasteiger partial charge < -0.3 is 9.52 Å². The standard InChI is InChI=1S/C10H10O3S/c1-2-3-6-14-7-8-4-5-9(13-8)10(11)12/h4-5H,6-7H2,1H3,(H,11,12). The van der Waals surface area contributed by atoms with Gasteiger partial charge in [-0.3, -0.25) is 0 Å². The van der Waals surface area contributed by atoms with E-state index < -0.39 is 5.97 Å². The molecule has 0 aromatic carbocycles. The first-order valence-corrected chi connectivity index (χ1v) is 5.19. The molecule has 3 nitrogen and oxygen atoms in total. The van der Waals surface area contributed by atoms with E-state index in [4.69, 9.17) is 9.52 Å². The molecule has 0 aliphatic carbocycles. The average Bonchev–Trinajstić information content (AvgIpc) is 2.61. The summed E-state index contributed by atoms with van der Waals surface area (Å²) in [5.74, 6) is 6.70. The van der Waals surface area contributed by atoms with Crippen LogP contribution in [-0.2, 0) is 5.75 Å². The number of hydrogen-bond donors (Lipinski definition) is 1. The summed E-state index contributed by atoms with van der Waals surface area (Å²) in [6.45, 7) is 1.79. The van der Waals surface area contributed by atoms with E-state index in [9.17, 15) is 4.79 Å². The highest BCUT2D eigenvalue weighted by Crippen LogP contribution is 2.14. The monoisotopic (exact) mass is 210 g/mol. The molecule has 0 aliphatic heterocycles. The molecule has 0 unspecified atom stereocenters. The van der Waals surface area contributed by atoms with Gasteiger partial charge in [0.15, 0.2) is 0 Å². The Hall–Kier alpha value is -1.34. The fourth-order valence-electron chi connectivity index (χ4n) is 0.845. The van der Waals surface area contributed by atoms with Crippen molar-refractivity contribution in [3.63, 3.8) is 0 Å². The molecule has 4 heteroatoms. The van der Waals surface area contributed by atoms with Gasteiger partial charge in [0, 0.05) is 0 Å². The molecule has 0 fully saturated rings. The van der Waals surface area contributed by atoms with E-state index in [1.807, 2.05) is 0 Å². The maximum Gasteiger partial charge on any atom is 0.371 e. The van der Waals surface area contributed by atoms with Crippen LogP contribution in [0.1, 0.15) is 23.2 Å². The minimum absolute atomic E-state index is 0.0119. The average molecular weight is 210 g/mol. The van der Waals surface area contributed by atoms with Crippen LogP contribution in [-0.4, -0.2) is 16.8 Å². The SMILES string of the molecule is CC#CCSCc1ccc(C(=O)O)o1. The predicted molar refractivity (Wildman–Crippen MR) is 55.3 cm³/mol. The summed E-state index contributed by atoms with van der Waals surface area (Å²) in [4.78, 5) is 10.5. The maximum absolute atomic E-state index is 10.5. The molecule has 1 heterocycles. The predicted octanol–water partition coefficient (Wildman–Crippen LogP) is 2.23. The lowest BCUT2D eigenvalue weighted by molar-refractivity contribution is 0.0661. The van der Waals surface area contributed by atoms with E-state index in [1.54, 1.807) is 24.8 Å². The van der Waals surface area contributed by atoms with Crippen molar-refractivity contribution in [3.8, 4) is 11.8 Å². The van der Waals surface area contributed by atoms with Gasteiger partial charge >= 0.3 is 5.97 Å². The number of aromatic carboxylic acids is 1. The summed E-state index contributed by atoms with van der Waals surface area (Å²) in [6.07, 6.45) is 0. The number of carboxylic acids is 1. The quantitative estimate of drug-likeness (QED) is 0.611. The summed E-state index contributed by atoms with van der Waals surface area (Å²) >= 11 is 1.60. The van der Waals surface area contributed by atoms with E-state index in [-0.39, 0.29) is 5.76 Å². The molecule has 74 valence electrons. The molecule has 1 rings (SSSR count). The Bertz CT molecular complexity index is 370. The van der Waals surface area contributed by atoms with Gasteiger partial charge in [-0.15, -0.1) is 17.7 Å². The zero-order valence-electron chi connectivity index (χ0n) is 7.74. The van der Waals surface area contributed by atoms with Crippen molar-refractivity contribution in [2.45, 2.75) is 12.7 Å². The number of rotatable bonds is 4. The normalized spacial score (nSPS) is 9.21. The number of carbonyl (C=O) groups is 1. The Morgan fingerprint density at radius 2 is 2.43 bits per heavy atom. The van der Waals surface area contributed by atoms with E-state index >= 15 is 0 Å². The first kappa shape index (κ1) is 10.7. The largest absolute Gasteiger partial charge is 0.475 e. The molecule has 1 aromatic heterocycles. The van der Waals surface area contributed by atoms with Crippen molar-refractivity contribution in [2.75, 3.05) is 5.75 Å². The van der Waals surface area contributed by atoms with E-state index in [0.717, 1.165) is 5.75 Å². The van der Waals surface area contributed by atoms with Crippen LogP contribution in [0.2, 0.25) is 0 Å². The molecule has 1 N–H and O–H groups in total. The first-order chi connectivity index (χ1) is 6.74. The van der Waals surface area contributed by atoms with Crippen molar-refractivity contribution < 1.29 is 14.3 Å². The van der Waals surface area contributed by atoms with E-state index in [2.05, 4.69) is 11.8 Å². The van der Waals surface area contributed by atoms with Gasteiger partial charge in [0.25, 0.3) is 0 Å². The van der Waals surface area contributed by atoms with Crippen molar-refractivity contribution >= 4 is 17.7 Å². The lowest BCUT2D eigenvalue weighted by Crippen LogP contribution is -1.91. The van der Waals surface area contributed by atoms with E-state index in [0.29, 0.717) is 11.5 Å². The van der Waals surface area contributed by atoms with Gasteiger partial charge in [-0.05, 0) is 19.1 Å². The Labute approximate surface area is 86.5 Å². The molecular formula is C10H10O3S. The molecule has 0 saturated heterocycles. The fraction of sp³-hybridized carbons (Fsp3) is 0.300. The third-order valence-electron chi connectivity index (χ3n) is 1.47. The zero-order valence-corrected chi connectivity index (χ0v) is 8.56. The Morgan fingerprint density at radius 3 is 3.00 bits per heavy atom. The van der Waals surface area contributed by atoms with Crippen LogP contribution in [0.15, 0.2) is 16.5 Å². The second kappa shape index (κ2) is 5.40. The van der Waals surface area contributed by atoms with Crippen LogP contribution in [0.4, 0.5) is 0 Å². The smallest absolute Gasteiger partial charge is 0.371 e.